The lowest BCUT2D eigenvalue weighted by atomic mass is 10.2. The number of fused-ring (bicyclic) bond motifs is 1. The number of hydrogen-bond acceptors (Lipinski definition) is 8. The highest BCUT2D eigenvalue weighted by Gasteiger charge is 2.26. The summed E-state index contributed by atoms with van der Waals surface area (Å²) in [6.45, 7) is 5.11. The molecule has 0 aliphatic carbocycles. The van der Waals surface area contributed by atoms with Gasteiger partial charge >= 0.3 is 0 Å². The van der Waals surface area contributed by atoms with E-state index in [-0.39, 0.29) is 47.8 Å². The van der Waals surface area contributed by atoms with E-state index in [4.69, 9.17) is 4.74 Å². The van der Waals surface area contributed by atoms with E-state index in [9.17, 15) is 24.5 Å². The van der Waals surface area contributed by atoms with Gasteiger partial charge in [0.05, 0.1) is 29.8 Å². The number of rotatable bonds is 7. The topological polar surface area (TPSA) is 146 Å². The van der Waals surface area contributed by atoms with Gasteiger partial charge in [-0.1, -0.05) is 0 Å². The highest BCUT2D eigenvalue weighted by atomic mass is 16.6. The Balaban J connectivity index is 1.57. The fourth-order valence-corrected chi connectivity index (χ4v) is 3.32. The van der Waals surface area contributed by atoms with Crippen molar-refractivity contribution in [1.29, 1.82) is 0 Å². The van der Waals surface area contributed by atoms with Crippen molar-refractivity contribution in [2.45, 2.75) is 6.92 Å². The van der Waals surface area contributed by atoms with Crippen molar-refractivity contribution in [1.82, 2.24) is 15.1 Å². The van der Waals surface area contributed by atoms with Crippen LogP contribution in [0.1, 0.15) is 6.92 Å². The molecule has 12 nitrogen and oxygen atoms in total. The fourth-order valence-electron chi connectivity index (χ4n) is 3.32. The summed E-state index contributed by atoms with van der Waals surface area (Å²) in [4.78, 5) is 50.3. The Labute approximate surface area is 172 Å². The molecule has 0 unspecified atom stereocenters. The zero-order valence-corrected chi connectivity index (χ0v) is 16.6. The summed E-state index contributed by atoms with van der Waals surface area (Å²) in [5.74, 6) is -0.626. The van der Waals surface area contributed by atoms with E-state index < -0.39 is 10.8 Å². The van der Waals surface area contributed by atoms with Crippen molar-refractivity contribution in [2.24, 2.45) is 0 Å². The Kier molecular flexibility index (Phi) is 6.79. The van der Waals surface area contributed by atoms with Gasteiger partial charge in [-0.3, -0.25) is 34.3 Å². The molecule has 0 saturated carbocycles. The molecule has 0 aromatic heterocycles. The minimum atomic E-state index is -0.615. The maximum absolute atomic E-state index is 12.5. The molecule has 162 valence electrons. The van der Waals surface area contributed by atoms with Crippen molar-refractivity contribution in [3.05, 3.63) is 22.2 Å². The smallest absolute Gasteiger partial charge is 0.296 e. The predicted molar refractivity (Wildman–Crippen MR) is 107 cm³/mol. The van der Waals surface area contributed by atoms with Gasteiger partial charge < -0.3 is 20.7 Å². The number of benzene rings is 1. The van der Waals surface area contributed by atoms with Gasteiger partial charge in [-0.05, 0) is 13.0 Å². The number of nitro benzene ring substituents is 1. The maximum atomic E-state index is 12.5. The number of piperazine rings is 1. The molecule has 2 aliphatic heterocycles. The highest BCUT2D eigenvalue weighted by Crippen LogP contribution is 2.37. The third-order valence-electron chi connectivity index (χ3n) is 4.77. The van der Waals surface area contributed by atoms with E-state index >= 15 is 0 Å². The lowest BCUT2D eigenvalue weighted by molar-refractivity contribution is -0.384. The quantitative estimate of drug-likeness (QED) is 0.400. The standard InChI is InChI=1S/C18H24N6O6/c1-2-19-16(25)9-22-3-5-23(6-4-22)10-17(26)20-12-7-13-15(8-14(12)24(28)29)30-11-18(27)21-13/h7-8H,2-6,9-11H2,1H3,(H,19,25)(H,20,26)(H,21,27). The van der Waals surface area contributed by atoms with Crippen LogP contribution in [0.15, 0.2) is 12.1 Å². The van der Waals surface area contributed by atoms with E-state index in [1.54, 1.807) is 0 Å². The molecule has 2 aliphatic rings. The second-order valence-corrected chi connectivity index (χ2v) is 7.01. The molecule has 12 heteroatoms. The van der Waals surface area contributed by atoms with Crippen molar-refractivity contribution in [2.75, 3.05) is 63.1 Å². The average molecular weight is 420 g/mol. The van der Waals surface area contributed by atoms with Gasteiger partial charge in [-0.25, -0.2) is 0 Å². The van der Waals surface area contributed by atoms with Crippen LogP contribution in [-0.4, -0.2) is 84.9 Å². The molecule has 1 aromatic carbocycles. The summed E-state index contributed by atoms with van der Waals surface area (Å²) >= 11 is 0. The molecule has 30 heavy (non-hydrogen) atoms. The van der Waals surface area contributed by atoms with Gasteiger partial charge in [-0.2, -0.15) is 0 Å². The summed E-state index contributed by atoms with van der Waals surface area (Å²) in [6, 6.07) is 2.51. The number of nitrogens with one attached hydrogen (secondary N) is 3. The van der Waals surface area contributed by atoms with Crippen LogP contribution < -0.4 is 20.7 Å². The van der Waals surface area contributed by atoms with Gasteiger partial charge in [0.15, 0.2) is 12.4 Å². The first-order valence-electron chi connectivity index (χ1n) is 9.62. The van der Waals surface area contributed by atoms with Crippen molar-refractivity contribution < 1.29 is 24.0 Å². The number of carbonyl (C=O) groups excluding carboxylic acids is 3. The summed E-state index contributed by atoms with van der Waals surface area (Å²) in [7, 11) is 0. The first-order valence-corrected chi connectivity index (χ1v) is 9.62. The van der Waals surface area contributed by atoms with Crippen LogP contribution in [0.3, 0.4) is 0 Å². The molecule has 0 spiro atoms. The SMILES string of the molecule is CCNC(=O)CN1CCN(CC(=O)Nc2cc3c(cc2[N+](=O)[O-])OCC(=O)N3)CC1. The van der Waals surface area contributed by atoms with E-state index in [0.29, 0.717) is 39.3 Å². The van der Waals surface area contributed by atoms with Crippen LogP contribution in [0.2, 0.25) is 0 Å². The van der Waals surface area contributed by atoms with Crippen molar-refractivity contribution >= 4 is 34.8 Å². The van der Waals surface area contributed by atoms with Crippen LogP contribution in [-0.2, 0) is 14.4 Å². The molecule has 0 radical (unpaired) electrons. The Morgan fingerprint density at radius 2 is 1.80 bits per heavy atom. The van der Waals surface area contributed by atoms with Crippen LogP contribution >= 0.6 is 0 Å². The Hall–Kier alpha value is -3.25. The number of hydrogen-bond donors (Lipinski definition) is 3. The second kappa shape index (κ2) is 9.50. The minimum absolute atomic E-state index is 0.00979. The lowest BCUT2D eigenvalue weighted by Gasteiger charge is -2.33. The monoisotopic (exact) mass is 420 g/mol. The van der Waals surface area contributed by atoms with Gasteiger partial charge in [0.1, 0.15) is 5.69 Å². The number of anilines is 2. The average Bonchev–Trinajstić information content (AvgIpc) is 2.69. The van der Waals surface area contributed by atoms with Gasteiger partial charge in [-0.15, -0.1) is 0 Å². The van der Waals surface area contributed by atoms with E-state index in [1.807, 2.05) is 16.7 Å². The first kappa shape index (κ1) is 21.5. The third kappa shape index (κ3) is 5.42. The predicted octanol–water partition coefficient (Wildman–Crippen LogP) is -0.382. The Bertz CT molecular complexity index is 852. The Morgan fingerprint density at radius 1 is 1.17 bits per heavy atom. The largest absolute Gasteiger partial charge is 0.481 e. The highest BCUT2D eigenvalue weighted by molar-refractivity contribution is 6.00. The maximum Gasteiger partial charge on any atom is 0.296 e. The zero-order valence-electron chi connectivity index (χ0n) is 16.6. The number of amides is 3. The molecule has 0 atom stereocenters. The molecule has 0 bridgehead atoms. The number of nitrogens with zero attached hydrogens (tertiary/aromatic N) is 3. The van der Waals surface area contributed by atoms with E-state index in [0.717, 1.165) is 0 Å². The number of carbonyl (C=O) groups is 3. The molecular formula is C18H24N6O6. The summed E-state index contributed by atoms with van der Waals surface area (Å²) < 4.78 is 5.19. The summed E-state index contributed by atoms with van der Waals surface area (Å²) in [5.41, 5.74) is -0.0550. The third-order valence-corrected chi connectivity index (χ3v) is 4.77. The number of nitro groups is 1. The molecule has 1 aromatic rings. The van der Waals surface area contributed by atoms with Crippen LogP contribution in [0.5, 0.6) is 5.75 Å². The van der Waals surface area contributed by atoms with E-state index in [1.165, 1.54) is 12.1 Å². The molecule has 3 rings (SSSR count). The molecule has 3 amide bonds. The van der Waals surface area contributed by atoms with Gasteiger partial charge in [0.25, 0.3) is 11.6 Å². The van der Waals surface area contributed by atoms with Crippen LogP contribution in [0.25, 0.3) is 0 Å². The van der Waals surface area contributed by atoms with E-state index in [2.05, 4.69) is 16.0 Å². The summed E-state index contributed by atoms with van der Waals surface area (Å²) in [6.07, 6.45) is 0. The lowest BCUT2D eigenvalue weighted by Crippen LogP contribution is -2.51. The molecule has 2 heterocycles. The number of likely N-dealkylation sites (N-methyl/N-ethyl adjacent to an activating group) is 1. The second-order valence-electron chi connectivity index (χ2n) is 7.01. The van der Waals surface area contributed by atoms with Crippen LogP contribution in [0.4, 0.5) is 17.1 Å². The fraction of sp³-hybridized carbons (Fsp3) is 0.500. The molecule has 3 N–H and O–H groups in total. The zero-order chi connectivity index (χ0) is 21.7. The molecule has 1 fully saturated rings. The van der Waals surface area contributed by atoms with Gasteiger partial charge in [0.2, 0.25) is 11.8 Å². The first-order chi connectivity index (χ1) is 14.4. The van der Waals surface area contributed by atoms with Crippen molar-refractivity contribution in [3.8, 4) is 5.75 Å². The Morgan fingerprint density at radius 3 is 2.40 bits per heavy atom. The minimum Gasteiger partial charge on any atom is -0.481 e. The number of ether oxygens (including phenoxy) is 1. The molecular weight excluding hydrogens is 396 g/mol. The normalized spacial score (nSPS) is 16.8. The van der Waals surface area contributed by atoms with Crippen LogP contribution in [0, 0.1) is 10.1 Å². The summed E-state index contributed by atoms with van der Waals surface area (Å²) in [5, 5.41) is 19.3. The molecule has 1 saturated heterocycles. The van der Waals surface area contributed by atoms with Gasteiger partial charge in [0, 0.05) is 32.7 Å². The van der Waals surface area contributed by atoms with Crippen molar-refractivity contribution in [3.63, 3.8) is 0 Å².